The van der Waals surface area contributed by atoms with Crippen LogP contribution < -0.4 is 18.9 Å². The highest BCUT2D eigenvalue weighted by Crippen LogP contribution is 2.38. The topological polar surface area (TPSA) is 102 Å². The van der Waals surface area contributed by atoms with Crippen molar-refractivity contribution >= 4 is 17.9 Å². The fourth-order valence-corrected chi connectivity index (χ4v) is 4.47. The molecule has 0 aromatic heterocycles. The summed E-state index contributed by atoms with van der Waals surface area (Å²) < 4.78 is 23.8. The number of hydrogen-bond donors (Lipinski definition) is 0. The number of ether oxygens (including phenoxy) is 4. The van der Waals surface area contributed by atoms with Gasteiger partial charge in [-0.25, -0.2) is 0 Å². The van der Waals surface area contributed by atoms with Gasteiger partial charge in [0, 0.05) is 17.2 Å². The summed E-state index contributed by atoms with van der Waals surface area (Å²) in [6.07, 6.45) is 0.197. The van der Waals surface area contributed by atoms with Gasteiger partial charge < -0.3 is 18.9 Å². The molecule has 0 fully saturated rings. The molecule has 4 aromatic carbocycles. The van der Waals surface area contributed by atoms with E-state index >= 15 is 0 Å². The van der Waals surface area contributed by atoms with E-state index in [0.717, 1.165) is 5.56 Å². The number of rotatable bonds is 8. The maximum absolute atomic E-state index is 11.6. The lowest BCUT2D eigenvalue weighted by Crippen LogP contribution is -2.22. The smallest absolute Gasteiger partial charge is 0.162 e. The molecule has 0 saturated heterocycles. The number of carbonyl (C=O) groups excluding carboxylic acids is 1. The predicted octanol–water partition coefficient (Wildman–Crippen LogP) is 6.57. The Kier molecular flexibility index (Phi) is 7.63. The molecule has 1 unspecified atom stereocenters. The highest BCUT2D eigenvalue weighted by molar-refractivity contribution is 6.32. The molecule has 0 N–H and O–H groups in total. The Morgan fingerprint density at radius 2 is 1.69 bits per heavy atom. The van der Waals surface area contributed by atoms with Crippen molar-refractivity contribution in [2.45, 2.75) is 19.3 Å². The molecule has 7 nitrogen and oxygen atoms in total. The van der Waals surface area contributed by atoms with Crippen LogP contribution in [-0.2, 0) is 13.2 Å². The Labute approximate surface area is 230 Å². The second-order valence-corrected chi connectivity index (χ2v) is 9.09. The van der Waals surface area contributed by atoms with Gasteiger partial charge >= 0.3 is 0 Å². The van der Waals surface area contributed by atoms with Crippen molar-refractivity contribution in [3.8, 4) is 35.1 Å². The van der Waals surface area contributed by atoms with Crippen molar-refractivity contribution in [1.82, 2.24) is 0 Å². The predicted molar refractivity (Wildman–Crippen MR) is 143 cm³/mol. The minimum absolute atomic E-state index is 0.0463. The zero-order chi connectivity index (χ0) is 27.2. The fourth-order valence-electron chi connectivity index (χ4n) is 4.24. The largest absolute Gasteiger partial charge is 0.488 e. The molecule has 1 aliphatic rings. The minimum atomic E-state index is -0.454. The summed E-state index contributed by atoms with van der Waals surface area (Å²) in [5.74, 6) is 1.86. The molecule has 1 aliphatic heterocycles. The molecule has 0 saturated carbocycles. The minimum Gasteiger partial charge on any atom is -0.488 e. The summed E-state index contributed by atoms with van der Waals surface area (Å²) in [4.78, 5) is 11.6. The zero-order valence-corrected chi connectivity index (χ0v) is 21.4. The Bertz CT molecular complexity index is 1620. The Balaban J connectivity index is 1.35. The van der Waals surface area contributed by atoms with Crippen LogP contribution >= 0.6 is 11.6 Å². The molecule has 0 bridgehead atoms. The number of aldehydes is 1. The summed E-state index contributed by atoms with van der Waals surface area (Å²) in [6.45, 7) is 0.461. The Morgan fingerprint density at radius 3 is 2.49 bits per heavy atom. The van der Waals surface area contributed by atoms with E-state index in [1.807, 2.05) is 42.5 Å². The van der Waals surface area contributed by atoms with Crippen molar-refractivity contribution in [3.05, 3.63) is 117 Å². The van der Waals surface area contributed by atoms with Gasteiger partial charge in [0.1, 0.15) is 31.3 Å². The second kappa shape index (κ2) is 11.6. The highest BCUT2D eigenvalue weighted by atomic mass is 35.5. The molecule has 192 valence electrons. The van der Waals surface area contributed by atoms with Crippen molar-refractivity contribution in [2.75, 3.05) is 6.61 Å². The normalized spacial score (nSPS) is 13.6. The lowest BCUT2D eigenvalue weighted by Gasteiger charge is -2.27. The first kappa shape index (κ1) is 25.7. The number of nitrogens with zero attached hydrogens (tertiary/aromatic N) is 2. The van der Waals surface area contributed by atoms with E-state index in [1.54, 1.807) is 30.3 Å². The first-order valence-electron chi connectivity index (χ1n) is 12.0. The van der Waals surface area contributed by atoms with Crippen molar-refractivity contribution < 1.29 is 23.7 Å². The third-order valence-electron chi connectivity index (χ3n) is 6.18. The van der Waals surface area contributed by atoms with Crippen LogP contribution in [0.4, 0.5) is 0 Å². The SMILES string of the molecule is N#Cc1cccc(COc2cc(OCc3cccc(C4COc5ccccc5O4)c3C#N)c(Cl)cc2C=O)c1. The lowest BCUT2D eigenvalue weighted by atomic mass is 9.98. The Hall–Kier alpha value is -4.98. The van der Waals surface area contributed by atoms with Crippen LogP contribution in [0.5, 0.6) is 23.0 Å². The van der Waals surface area contributed by atoms with E-state index in [9.17, 15) is 10.1 Å². The third-order valence-corrected chi connectivity index (χ3v) is 6.47. The van der Waals surface area contributed by atoms with Crippen molar-refractivity contribution in [3.63, 3.8) is 0 Å². The summed E-state index contributed by atoms with van der Waals surface area (Å²) in [7, 11) is 0. The standard InChI is InChI=1S/C31H21ClN2O5/c32-26-12-23(16-35)29(36-17-21-6-3-5-20(11-21)14-33)13-30(26)37-18-22-7-4-8-24(25(22)15-34)31-19-38-27-9-1-2-10-28(27)39-31/h1-13,16,31H,17-19H2. The van der Waals surface area contributed by atoms with Crippen LogP contribution in [-0.4, -0.2) is 12.9 Å². The first-order valence-corrected chi connectivity index (χ1v) is 12.4. The van der Waals surface area contributed by atoms with Crippen LogP contribution in [0.1, 0.15) is 44.3 Å². The molecule has 0 amide bonds. The average Bonchev–Trinajstić information content (AvgIpc) is 2.99. The van der Waals surface area contributed by atoms with Gasteiger partial charge in [-0.3, -0.25) is 4.79 Å². The van der Waals surface area contributed by atoms with Crippen molar-refractivity contribution in [2.24, 2.45) is 0 Å². The quantitative estimate of drug-likeness (QED) is 0.235. The second-order valence-electron chi connectivity index (χ2n) is 8.69. The molecule has 0 radical (unpaired) electrons. The van der Waals surface area contributed by atoms with E-state index in [-0.39, 0.29) is 36.2 Å². The summed E-state index contributed by atoms with van der Waals surface area (Å²) in [5, 5.41) is 19.3. The van der Waals surface area contributed by atoms with E-state index in [2.05, 4.69) is 12.1 Å². The molecule has 0 spiro atoms. The van der Waals surface area contributed by atoms with Gasteiger partial charge in [-0.1, -0.05) is 54.1 Å². The van der Waals surface area contributed by atoms with Gasteiger partial charge in [0.2, 0.25) is 0 Å². The van der Waals surface area contributed by atoms with Gasteiger partial charge in [-0.2, -0.15) is 10.5 Å². The molecule has 1 heterocycles. The van der Waals surface area contributed by atoms with Crippen molar-refractivity contribution in [1.29, 1.82) is 10.5 Å². The monoisotopic (exact) mass is 536 g/mol. The molecular weight excluding hydrogens is 516 g/mol. The summed E-state index contributed by atoms with van der Waals surface area (Å²) >= 11 is 6.40. The summed E-state index contributed by atoms with van der Waals surface area (Å²) in [6, 6.07) is 27.2. The van der Waals surface area contributed by atoms with Crippen LogP contribution in [0.3, 0.4) is 0 Å². The molecule has 8 heteroatoms. The molecule has 5 rings (SSSR count). The number of nitriles is 2. The fraction of sp³-hybridized carbons (Fsp3) is 0.129. The third kappa shape index (κ3) is 5.65. The molecule has 1 atom stereocenters. The molecule has 4 aromatic rings. The number of benzene rings is 4. The van der Waals surface area contributed by atoms with Gasteiger partial charge in [0.05, 0.1) is 33.9 Å². The molecule has 0 aliphatic carbocycles. The zero-order valence-electron chi connectivity index (χ0n) is 20.6. The van der Waals surface area contributed by atoms with Crippen LogP contribution in [0, 0.1) is 22.7 Å². The number of halogens is 1. The van der Waals surface area contributed by atoms with Gasteiger partial charge in [0.15, 0.2) is 23.9 Å². The van der Waals surface area contributed by atoms with Crippen LogP contribution in [0.25, 0.3) is 0 Å². The highest BCUT2D eigenvalue weighted by Gasteiger charge is 2.26. The molecule has 39 heavy (non-hydrogen) atoms. The van der Waals surface area contributed by atoms with Crippen LogP contribution in [0.2, 0.25) is 5.02 Å². The van der Waals surface area contributed by atoms with E-state index in [0.29, 0.717) is 45.8 Å². The lowest BCUT2D eigenvalue weighted by molar-refractivity contribution is 0.0910. The van der Waals surface area contributed by atoms with E-state index < -0.39 is 6.10 Å². The van der Waals surface area contributed by atoms with Gasteiger partial charge in [0.25, 0.3) is 0 Å². The first-order chi connectivity index (χ1) is 19.1. The summed E-state index contributed by atoms with van der Waals surface area (Å²) in [5.41, 5.74) is 3.31. The van der Waals surface area contributed by atoms with Crippen LogP contribution in [0.15, 0.2) is 78.9 Å². The van der Waals surface area contributed by atoms with E-state index in [4.69, 9.17) is 35.8 Å². The van der Waals surface area contributed by atoms with Gasteiger partial charge in [-0.05, 0) is 35.9 Å². The maximum Gasteiger partial charge on any atom is 0.162 e. The molecular formula is C31H21ClN2O5. The van der Waals surface area contributed by atoms with Gasteiger partial charge in [-0.15, -0.1) is 0 Å². The number of fused-ring (bicyclic) bond motifs is 1. The Morgan fingerprint density at radius 1 is 0.897 bits per heavy atom. The van der Waals surface area contributed by atoms with E-state index in [1.165, 1.54) is 6.07 Å². The number of para-hydroxylation sites is 2. The number of hydrogen-bond acceptors (Lipinski definition) is 7. The maximum atomic E-state index is 11.6. The number of carbonyl (C=O) groups is 1. The average molecular weight is 537 g/mol.